The van der Waals surface area contributed by atoms with Crippen LogP contribution >= 0.6 is 0 Å². The van der Waals surface area contributed by atoms with Crippen LogP contribution in [0.2, 0.25) is 0 Å². The van der Waals surface area contributed by atoms with Crippen LogP contribution in [0, 0.1) is 10.1 Å². The summed E-state index contributed by atoms with van der Waals surface area (Å²) in [5, 5.41) is 23.8. The van der Waals surface area contributed by atoms with Gasteiger partial charge in [-0.1, -0.05) is 0 Å². The molecule has 66 valence electrons. The number of carboxylic acids is 1. The lowest BCUT2D eigenvalue weighted by molar-refractivity contribution is -0.422. The summed E-state index contributed by atoms with van der Waals surface area (Å²) in [6, 6.07) is 0. The van der Waals surface area contributed by atoms with Crippen molar-refractivity contribution in [2.75, 3.05) is 13.1 Å². The van der Waals surface area contributed by atoms with Gasteiger partial charge in [-0.3, -0.25) is 10.1 Å². The summed E-state index contributed by atoms with van der Waals surface area (Å²) in [7, 11) is 0. The first-order valence-corrected chi connectivity index (χ1v) is 3.22. The van der Waals surface area contributed by atoms with Crippen LogP contribution in [-0.4, -0.2) is 29.1 Å². The summed E-state index contributed by atoms with van der Waals surface area (Å²) in [4.78, 5) is 19.6. The van der Waals surface area contributed by atoms with Crippen molar-refractivity contribution < 1.29 is 14.8 Å². The second-order valence-electron chi connectivity index (χ2n) is 2.14. The molecular weight excluding hydrogens is 166 g/mol. The van der Waals surface area contributed by atoms with Gasteiger partial charge in [-0.25, -0.2) is 4.79 Å². The molecule has 0 aromatic rings. The second-order valence-corrected chi connectivity index (χ2v) is 2.14. The van der Waals surface area contributed by atoms with Crippen LogP contribution in [0.3, 0.4) is 0 Å². The van der Waals surface area contributed by atoms with Crippen molar-refractivity contribution in [2.24, 2.45) is 0 Å². The van der Waals surface area contributed by atoms with Gasteiger partial charge in [-0.15, -0.1) is 0 Å². The summed E-state index contributed by atoms with van der Waals surface area (Å²) in [6.45, 7) is 1.000. The lowest BCUT2D eigenvalue weighted by Crippen LogP contribution is -2.22. The molecule has 1 rings (SSSR count). The maximum absolute atomic E-state index is 10.3. The Kier molecular flexibility index (Phi) is 2.13. The highest BCUT2D eigenvalue weighted by Gasteiger charge is 2.28. The molecule has 1 fully saturated rings. The smallest absolute Gasteiger partial charge is 0.411 e. The number of carboxylic acid groups (broad SMARTS) is 1. The number of hydrogen-bond acceptors (Lipinski definition) is 5. The van der Waals surface area contributed by atoms with Gasteiger partial charge in [0.05, 0.1) is 4.92 Å². The molecule has 0 amide bonds. The summed E-state index contributed by atoms with van der Waals surface area (Å²) in [5.41, 5.74) is -0.840. The number of rotatable bonds is 2. The topological polar surface area (TPSA) is 104 Å². The fourth-order valence-electron chi connectivity index (χ4n) is 0.881. The van der Waals surface area contributed by atoms with E-state index in [1.807, 2.05) is 0 Å². The molecule has 1 saturated heterocycles. The fraction of sp³-hybridized carbons (Fsp3) is 0.400. The van der Waals surface area contributed by atoms with Crippen LogP contribution in [0.15, 0.2) is 11.5 Å². The first-order valence-electron chi connectivity index (χ1n) is 3.22. The Bertz CT molecular complexity index is 235. The number of nitrogens with one attached hydrogen (secondary N) is 2. The Morgan fingerprint density at radius 1 is 1.50 bits per heavy atom. The molecule has 0 aromatic carbocycles. The van der Waals surface area contributed by atoms with E-state index in [2.05, 4.69) is 10.6 Å². The van der Waals surface area contributed by atoms with E-state index in [9.17, 15) is 14.9 Å². The number of aliphatic carboxylic acids is 1. The minimum atomic E-state index is -1.54. The zero-order chi connectivity index (χ0) is 9.14. The highest BCUT2D eigenvalue weighted by molar-refractivity contribution is 5.84. The maximum atomic E-state index is 10.3. The minimum Gasteiger partial charge on any atom is -0.473 e. The molecule has 0 saturated carbocycles. The minimum absolute atomic E-state index is 0.0208. The predicted octanol–water partition coefficient (Wildman–Crippen LogP) is -1.29. The molecule has 0 bridgehead atoms. The first kappa shape index (κ1) is 8.31. The molecule has 12 heavy (non-hydrogen) atoms. The molecule has 0 spiro atoms. The summed E-state index contributed by atoms with van der Waals surface area (Å²) in [5.74, 6) is -1.57. The second kappa shape index (κ2) is 3.07. The molecule has 0 radical (unpaired) electrons. The quantitative estimate of drug-likeness (QED) is 0.272. The van der Waals surface area contributed by atoms with E-state index in [0.717, 1.165) is 0 Å². The summed E-state index contributed by atoms with van der Waals surface area (Å²) < 4.78 is 0. The van der Waals surface area contributed by atoms with Gasteiger partial charge in [0.15, 0.2) is 5.82 Å². The Hall–Kier alpha value is -1.79. The van der Waals surface area contributed by atoms with Crippen LogP contribution in [0.4, 0.5) is 0 Å². The lowest BCUT2D eigenvalue weighted by atomic mass is 10.4. The van der Waals surface area contributed by atoms with Crippen molar-refractivity contribution in [3.8, 4) is 0 Å². The van der Waals surface area contributed by atoms with E-state index in [1.165, 1.54) is 0 Å². The molecule has 0 aromatic heterocycles. The van der Waals surface area contributed by atoms with E-state index in [-0.39, 0.29) is 5.82 Å². The fourth-order valence-corrected chi connectivity index (χ4v) is 0.881. The van der Waals surface area contributed by atoms with Gasteiger partial charge in [-0.2, -0.15) is 0 Å². The van der Waals surface area contributed by atoms with Crippen molar-refractivity contribution in [2.45, 2.75) is 0 Å². The van der Waals surface area contributed by atoms with Crippen molar-refractivity contribution in [3.63, 3.8) is 0 Å². The van der Waals surface area contributed by atoms with Crippen molar-refractivity contribution in [1.82, 2.24) is 10.6 Å². The van der Waals surface area contributed by atoms with Crippen LogP contribution in [-0.2, 0) is 4.79 Å². The standard InChI is InChI=1S/C5H7N3O4/c9-5(10)3(8(11)12)4-6-1-2-7-4/h6-7H,1-2H2,(H,9,10). The molecule has 1 aliphatic rings. The largest absolute Gasteiger partial charge is 0.473 e. The maximum Gasteiger partial charge on any atom is 0.411 e. The Balaban J connectivity index is 2.97. The highest BCUT2D eigenvalue weighted by atomic mass is 16.6. The molecule has 0 unspecified atom stereocenters. The lowest BCUT2D eigenvalue weighted by Gasteiger charge is -1.98. The summed E-state index contributed by atoms with van der Waals surface area (Å²) in [6.07, 6.45) is 0. The van der Waals surface area contributed by atoms with Crippen molar-refractivity contribution in [1.29, 1.82) is 0 Å². The molecule has 0 atom stereocenters. The molecule has 7 nitrogen and oxygen atoms in total. The van der Waals surface area contributed by atoms with Crippen LogP contribution in [0.1, 0.15) is 0 Å². The molecule has 1 aliphatic heterocycles. The van der Waals surface area contributed by atoms with Gasteiger partial charge < -0.3 is 15.7 Å². The summed E-state index contributed by atoms with van der Waals surface area (Å²) >= 11 is 0. The molecule has 3 N–H and O–H groups in total. The predicted molar refractivity (Wildman–Crippen MR) is 37.7 cm³/mol. The highest BCUT2D eigenvalue weighted by Crippen LogP contribution is 2.02. The van der Waals surface area contributed by atoms with Gasteiger partial charge in [0.1, 0.15) is 0 Å². The number of nitrogens with zero attached hydrogens (tertiary/aromatic N) is 1. The van der Waals surface area contributed by atoms with Crippen molar-refractivity contribution >= 4 is 5.97 Å². The van der Waals surface area contributed by atoms with Gasteiger partial charge in [-0.05, 0) is 0 Å². The van der Waals surface area contributed by atoms with Gasteiger partial charge in [0, 0.05) is 13.1 Å². The van der Waals surface area contributed by atoms with Crippen LogP contribution < -0.4 is 10.6 Å². The van der Waals surface area contributed by atoms with E-state index in [4.69, 9.17) is 5.11 Å². The zero-order valence-electron chi connectivity index (χ0n) is 6.03. The average Bonchev–Trinajstić information content (AvgIpc) is 2.37. The number of hydrogen-bond donors (Lipinski definition) is 3. The Morgan fingerprint density at radius 2 is 2.00 bits per heavy atom. The average molecular weight is 173 g/mol. The van der Waals surface area contributed by atoms with E-state index < -0.39 is 16.6 Å². The van der Waals surface area contributed by atoms with Gasteiger partial charge in [0.2, 0.25) is 0 Å². The molecule has 0 aliphatic carbocycles. The monoisotopic (exact) mass is 173 g/mol. The first-order chi connectivity index (χ1) is 5.63. The van der Waals surface area contributed by atoms with Gasteiger partial charge in [0.25, 0.3) is 0 Å². The normalized spacial score (nSPS) is 14.8. The number of nitro groups is 1. The third-order valence-corrected chi connectivity index (χ3v) is 1.35. The number of carbonyl (C=O) groups is 1. The van der Waals surface area contributed by atoms with Crippen LogP contribution in [0.5, 0.6) is 0 Å². The van der Waals surface area contributed by atoms with Gasteiger partial charge >= 0.3 is 11.7 Å². The zero-order valence-corrected chi connectivity index (χ0v) is 6.03. The van der Waals surface area contributed by atoms with E-state index >= 15 is 0 Å². The SMILES string of the molecule is O=C(O)C(=C1NCCN1)[N+](=O)[O-]. The van der Waals surface area contributed by atoms with Crippen molar-refractivity contribution in [3.05, 3.63) is 21.6 Å². The van der Waals surface area contributed by atoms with E-state index in [1.54, 1.807) is 0 Å². The van der Waals surface area contributed by atoms with E-state index in [0.29, 0.717) is 13.1 Å². The molecule has 7 heteroatoms. The Morgan fingerprint density at radius 3 is 2.33 bits per heavy atom. The molecular formula is C5H7N3O4. The third kappa shape index (κ3) is 1.44. The van der Waals surface area contributed by atoms with Crippen LogP contribution in [0.25, 0.3) is 0 Å². The Labute approximate surface area is 67.2 Å². The third-order valence-electron chi connectivity index (χ3n) is 1.35. The molecule has 1 heterocycles.